The lowest BCUT2D eigenvalue weighted by Crippen LogP contribution is -2.20. The number of para-hydroxylation sites is 1. The van der Waals surface area contributed by atoms with E-state index in [0.717, 1.165) is 27.1 Å². The van der Waals surface area contributed by atoms with Gasteiger partial charge < -0.3 is 14.8 Å². The molecule has 0 saturated carbocycles. The predicted octanol–water partition coefficient (Wildman–Crippen LogP) is 6.74. The SMILES string of the molecule is COc1cc(C)c2nc(NC(=O)Nc3cccnc3Oc3ccccc3C(C)(C)C)sc2c1. The lowest BCUT2D eigenvalue weighted by Gasteiger charge is -2.22. The zero-order valence-corrected chi connectivity index (χ0v) is 20.0. The summed E-state index contributed by atoms with van der Waals surface area (Å²) in [6, 6.07) is 14.7. The van der Waals surface area contributed by atoms with E-state index in [0.29, 0.717) is 22.4 Å². The highest BCUT2D eigenvalue weighted by molar-refractivity contribution is 7.22. The number of ether oxygens (including phenoxy) is 2. The fraction of sp³-hybridized carbons (Fsp3) is 0.240. The summed E-state index contributed by atoms with van der Waals surface area (Å²) in [6.45, 7) is 8.32. The summed E-state index contributed by atoms with van der Waals surface area (Å²) in [5.74, 6) is 1.77. The van der Waals surface area contributed by atoms with Crippen molar-refractivity contribution < 1.29 is 14.3 Å². The molecule has 0 bridgehead atoms. The van der Waals surface area contributed by atoms with E-state index in [2.05, 4.69) is 41.4 Å². The Morgan fingerprint density at radius 1 is 1.06 bits per heavy atom. The summed E-state index contributed by atoms with van der Waals surface area (Å²) in [5.41, 5.74) is 3.21. The molecule has 2 aromatic carbocycles. The molecule has 0 atom stereocenters. The van der Waals surface area contributed by atoms with E-state index < -0.39 is 6.03 Å². The number of fused-ring (bicyclic) bond motifs is 1. The second kappa shape index (κ2) is 9.07. The van der Waals surface area contributed by atoms with Crippen LogP contribution in [0.2, 0.25) is 0 Å². The fourth-order valence-corrected chi connectivity index (χ4v) is 4.40. The second-order valence-corrected chi connectivity index (χ2v) is 9.62. The molecule has 4 aromatic rings. The second-order valence-electron chi connectivity index (χ2n) is 8.59. The third-order valence-electron chi connectivity index (χ3n) is 5.04. The highest BCUT2D eigenvalue weighted by Gasteiger charge is 2.20. The fourth-order valence-electron chi connectivity index (χ4n) is 3.43. The number of hydrogen-bond donors (Lipinski definition) is 2. The van der Waals surface area contributed by atoms with Gasteiger partial charge in [0.2, 0.25) is 5.88 Å². The monoisotopic (exact) mass is 462 g/mol. The quantitative estimate of drug-likeness (QED) is 0.343. The largest absolute Gasteiger partial charge is 0.497 e. The van der Waals surface area contributed by atoms with Crippen LogP contribution in [0.1, 0.15) is 31.9 Å². The first-order valence-corrected chi connectivity index (χ1v) is 11.3. The Bertz CT molecular complexity index is 1310. The molecule has 8 heteroatoms. The molecule has 0 saturated heterocycles. The van der Waals surface area contributed by atoms with Gasteiger partial charge in [0.05, 0.1) is 17.3 Å². The van der Waals surface area contributed by atoms with E-state index in [4.69, 9.17) is 9.47 Å². The summed E-state index contributed by atoms with van der Waals surface area (Å²) in [7, 11) is 1.63. The lowest BCUT2D eigenvalue weighted by molar-refractivity contribution is 0.262. The van der Waals surface area contributed by atoms with Crippen molar-refractivity contribution in [3.05, 3.63) is 65.9 Å². The Kier molecular flexibility index (Phi) is 6.20. The molecule has 0 fully saturated rings. The number of nitrogens with zero attached hydrogens (tertiary/aromatic N) is 2. The number of methoxy groups -OCH3 is 1. The van der Waals surface area contributed by atoms with E-state index in [1.165, 1.54) is 11.3 Å². The predicted molar refractivity (Wildman–Crippen MR) is 133 cm³/mol. The summed E-state index contributed by atoms with van der Waals surface area (Å²) in [6.07, 6.45) is 1.63. The summed E-state index contributed by atoms with van der Waals surface area (Å²) < 4.78 is 12.4. The number of hydrogen-bond acceptors (Lipinski definition) is 6. The first-order valence-electron chi connectivity index (χ1n) is 10.5. The van der Waals surface area contributed by atoms with Crippen molar-refractivity contribution >= 4 is 38.4 Å². The number of thiazole rings is 1. The average molecular weight is 463 g/mol. The zero-order valence-electron chi connectivity index (χ0n) is 19.2. The van der Waals surface area contributed by atoms with Crippen molar-refractivity contribution in [2.24, 2.45) is 0 Å². The molecule has 0 aliphatic heterocycles. The van der Waals surface area contributed by atoms with Gasteiger partial charge in [0.15, 0.2) is 5.13 Å². The van der Waals surface area contributed by atoms with Gasteiger partial charge in [0.25, 0.3) is 0 Å². The molecule has 7 nitrogen and oxygen atoms in total. The van der Waals surface area contributed by atoms with Crippen LogP contribution in [0.3, 0.4) is 0 Å². The van der Waals surface area contributed by atoms with E-state index in [1.807, 2.05) is 43.3 Å². The smallest absolute Gasteiger partial charge is 0.325 e. The van der Waals surface area contributed by atoms with E-state index >= 15 is 0 Å². The molecule has 0 aliphatic carbocycles. The molecule has 0 aliphatic rings. The van der Waals surface area contributed by atoms with Crippen molar-refractivity contribution in [1.29, 1.82) is 0 Å². The van der Waals surface area contributed by atoms with Crippen molar-refractivity contribution in [3.63, 3.8) is 0 Å². The molecule has 4 rings (SSSR count). The first kappa shape index (κ1) is 22.5. The van der Waals surface area contributed by atoms with Gasteiger partial charge in [0.1, 0.15) is 17.2 Å². The Labute approximate surface area is 196 Å². The number of nitrogens with one attached hydrogen (secondary N) is 2. The molecule has 0 unspecified atom stereocenters. The normalized spacial score (nSPS) is 11.3. The molecule has 2 amide bonds. The van der Waals surface area contributed by atoms with E-state index in [-0.39, 0.29) is 5.41 Å². The van der Waals surface area contributed by atoms with Crippen LogP contribution in [0.25, 0.3) is 10.2 Å². The third kappa shape index (κ3) is 5.06. The van der Waals surface area contributed by atoms with Crippen molar-refractivity contribution in [2.75, 3.05) is 17.7 Å². The maximum atomic E-state index is 12.7. The number of carbonyl (C=O) groups excluding carboxylic acids is 1. The molecule has 2 aromatic heterocycles. The molecular weight excluding hydrogens is 436 g/mol. The summed E-state index contributed by atoms with van der Waals surface area (Å²) in [5, 5.41) is 6.12. The number of benzene rings is 2. The Morgan fingerprint density at radius 2 is 1.85 bits per heavy atom. The molecular formula is C25H26N4O3S. The van der Waals surface area contributed by atoms with Crippen LogP contribution in [-0.4, -0.2) is 23.1 Å². The van der Waals surface area contributed by atoms with Gasteiger partial charge in [-0.2, -0.15) is 0 Å². The number of rotatable bonds is 5. The Hall–Kier alpha value is -3.65. The van der Waals surface area contributed by atoms with Gasteiger partial charge in [-0.25, -0.2) is 14.8 Å². The van der Waals surface area contributed by atoms with Gasteiger partial charge in [-0.15, -0.1) is 0 Å². The molecule has 2 heterocycles. The minimum Gasteiger partial charge on any atom is -0.497 e. The van der Waals surface area contributed by atoms with Gasteiger partial charge in [-0.1, -0.05) is 50.3 Å². The standard InChI is InChI=1S/C25H26N4O3S/c1-15-13-16(31-5)14-20-21(15)28-24(33-20)29-23(30)27-18-10-8-12-26-22(18)32-19-11-7-6-9-17(19)25(2,3)4/h6-14H,1-5H3,(H2,27,28,29,30). The van der Waals surface area contributed by atoms with Gasteiger partial charge in [-0.05, 0) is 48.2 Å². The third-order valence-corrected chi connectivity index (χ3v) is 5.95. The number of aryl methyl sites for hydroxylation is 1. The number of pyridine rings is 1. The Morgan fingerprint density at radius 3 is 2.61 bits per heavy atom. The molecule has 33 heavy (non-hydrogen) atoms. The maximum Gasteiger partial charge on any atom is 0.325 e. The summed E-state index contributed by atoms with van der Waals surface area (Å²) in [4.78, 5) is 21.6. The van der Waals surface area contributed by atoms with Crippen molar-refractivity contribution in [2.45, 2.75) is 33.1 Å². The van der Waals surface area contributed by atoms with Gasteiger partial charge >= 0.3 is 6.03 Å². The number of anilines is 2. The minimum atomic E-state index is -0.430. The van der Waals surface area contributed by atoms with E-state index in [9.17, 15) is 4.79 Å². The topological polar surface area (TPSA) is 85.4 Å². The molecule has 0 spiro atoms. The minimum absolute atomic E-state index is 0.107. The zero-order chi connectivity index (χ0) is 23.6. The van der Waals surface area contributed by atoms with E-state index in [1.54, 1.807) is 25.4 Å². The molecule has 2 N–H and O–H groups in total. The number of aromatic nitrogens is 2. The van der Waals surface area contributed by atoms with Crippen LogP contribution < -0.4 is 20.1 Å². The van der Waals surface area contributed by atoms with Crippen LogP contribution in [0, 0.1) is 6.92 Å². The van der Waals surface area contributed by atoms with Crippen LogP contribution in [-0.2, 0) is 5.41 Å². The molecule has 0 radical (unpaired) electrons. The first-order chi connectivity index (χ1) is 15.7. The van der Waals surface area contributed by atoms with Crippen molar-refractivity contribution in [3.8, 4) is 17.4 Å². The van der Waals surface area contributed by atoms with Crippen LogP contribution >= 0.6 is 11.3 Å². The van der Waals surface area contributed by atoms with Crippen molar-refractivity contribution in [1.82, 2.24) is 9.97 Å². The average Bonchev–Trinajstić information content (AvgIpc) is 3.17. The van der Waals surface area contributed by atoms with Crippen LogP contribution in [0.15, 0.2) is 54.7 Å². The van der Waals surface area contributed by atoms with Gasteiger partial charge in [-0.3, -0.25) is 5.32 Å². The highest BCUT2D eigenvalue weighted by Crippen LogP contribution is 2.36. The number of amides is 2. The number of carbonyl (C=O) groups is 1. The maximum absolute atomic E-state index is 12.7. The Balaban J connectivity index is 1.54. The van der Waals surface area contributed by atoms with Crippen LogP contribution in [0.5, 0.6) is 17.4 Å². The number of urea groups is 1. The van der Waals surface area contributed by atoms with Crippen LogP contribution in [0.4, 0.5) is 15.6 Å². The molecule has 170 valence electrons. The van der Waals surface area contributed by atoms with Gasteiger partial charge in [0, 0.05) is 11.8 Å². The highest BCUT2D eigenvalue weighted by atomic mass is 32.1. The lowest BCUT2D eigenvalue weighted by atomic mass is 9.86. The summed E-state index contributed by atoms with van der Waals surface area (Å²) >= 11 is 1.38.